The number of aryl methyl sites for hydroxylation is 1. The third-order valence-corrected chi connectivity index (χ3v) is 6.94. The highest BCUT2D eigenvalue weighted by molar-refractivity contribution is 6.14. The number of nitrogen functional groups attached to an aromatic ring is 1. The van der Waals surface area contributed by atoms with Crippen LogP contribution in [0.3, 0.4) is 0 Å². The zero-order valence-electron chi connectivity index (χ0n) is 19.7. The predicted octanol–water partition coefficient (Wildman–Crippen LogP) is 4.40. The minimum Gasteiger partial charge on any atom is -0.398 e. The van der Waals surface area contributed by atoms with Crippen LogP contribution in [0.15, 0.2) is 73.2 Å². The second kappa shape index (κ2) is 9.31. The first kappa shape index (κ1) is 22.2. The summed E-state index contributed by atoms with van der Waals surface area (Å²) in [4.78, 5) is 9.18. The molecular formula is C28H32N6. The van der Waals surface area contributed by atoms with Gasteiger partial charge in [0.25, 0.3) is 0 Å². The van der Waals surface area contributed by atoms with Gasteiger partial charge < -0.3 is 20.9 Å². The zero-order chi connectivity index (χ0) is 23.7. The van der Waals surface area contributed by atoms with E-state index in [0.717, 1.165) is 72.9 Å². The van der Waals surface area contributed by atoms with Crippen molar-refractivity contribution in [2.45, 2.75) is 32.4 Å². The van der Waals surface area contributed by atoms with Crippen molar-refractivity contribution in [3.05, 3.63) is 101 Å². The van der Waals surface area contributed by atoms with E-state index in [1.165, 1.54) is 5.56 Å². The number of hydrogen-bond donors (Lipinski definition) is 3. The lowest BCUT2D eigenvalue weighted by Crippen LogP contribution is -2.41. The number of rotatable bonds is 6. The lowest BCUT2D eigenvalue weighted by molar-refractivity contribution is 0.232. The van der Waals surface area contributed by atoms with Gasteiger partial charge in [-0.25, -0.2) is 0 Å². The number of pyridine rings is 1. The Morgan fingerprint density at radius 1 is 1.21 bits per heavy atom. The molecule has 34 heavy (non-hydrogen) atoms. The third kappa shape index (κ3) is 4.54. The molecule has 0 bridgehead atoms. The lowest BCUT2D eigenvalue weighted by atomic mass is 9.96. The van der Waals surface area contributed by atoms with Gasteiger partial charge in [-0.2, -0.15) is 0 Å². The minimum absolute atomic E-state index is 0.423. The van der Waals surface area contributed by atoms with Gasteiger partial charge >= 0.3 is 0 Å². The van der Waals surface area contributed by atoms with E-state index in [2.05, 4.69) is 63.1 Å². The average molecular weight is 453 g/mol. The molecule has 5 rings (SSSR count). The highest BCUT2D eigenvalue weighted by atomic mass is 15.3. The molecule has 4 N–H and O–H groups in total. The van der Waals surface area contributed by atoms with E-state index in [1.54, 1.807) is 6.20 Å². The Morgan fingerprint density at radius 2 is 2.03 bits per heavy atom. The van der Waals surface area contributed by atoms with Crippen LogP contribution in [0, 0.1) is 12.3 Å². The maximum atomic E-state index is 8.76. The Morgan fingerprint density at radius 3 is 2.82 bits per heavy atom. The molecule has 2 aliphatic heterocycles. The molecule has 2 aromatic carbocycles. The number of likely N-dealkylation sites (tertiary alicyclic amines) is 1. The first-order chi connectivity index (χ1) is 16.5. The molecular weight excluding hydrogens is 420 g/mol. The van der Waals surface area contributed by atoms with Gasteiger partial charge in [-0.05, 0) is 55.2 Å². The molecule has 1 saturated heterocycles. The van der Waals surface area contributed by atoms with Crippen LogP contribution >= 0.6 is 0 Å². The first-order valence-electron chi connectivity index (χ1n) is 11.9. The molecule has 0 unspecified atom stereocenters. The van der Waals surface area contributed by atoms with E-state index in [0.29, 0.717) is 17.4 Å². The molecule has 2 aliphatic rings. The van der Waals surface area contributed by atoms with Gasteiger partial charge in [0.05, 0.1) is 11.5 Å². The van der Waals surface area contributed by atoms with Crippen LogP contribution in [0.4, 0.5) is 11.4 Å². The lowest BCUT2D eigenvalue weighted by Gasteiger charge is -2.38. The second-order valence-corrected chi connectivity index (χ2v) is 9.34. The van der Waals surface area contributed by atoms with Gasteiger partial charge in [0.2, 0.25) is 0 Å². The molecule has 0 saturated carbocycles. The van der Waals surface area contributed by atoms with Crippen LogP contribution in [0.5, 0.6) is 0 Å². The fourth-order valence-corrected chi connectivity index (χ4v) is 5.04. The summed E-state index contributed by atoms with van der Waals surface area (Å²) in [6.45, 7) is 10.2. The molecule has 6 nitrogen and oxygen atoms in total. The van der Waals surface area contributed by atoms with Gasteiger partial charge in [0.1, 0.15) is 0 Å². The number of hydrogen-bond acceptors (Lipinski definition) is 6. The zero-order valence-corrected chi connectivity index (χ0v) is 19.7. The fourth-order valence-electron chi connectivity index (χ4n) is 5.04. The monoisotopic (exact) mass is 452 g/mol. The molecule has 0 aliphatic carbocycles. The van der Waals surface area contributed by atoms with E-state index in [4.69, 9.17) is 11.1 Å². The van der Waals surface area contributed by atoms with Crippen LogP contribution in [0.1, 0.15) is 34.4 Å². The highest BCUT2D eigenvalue weighted by Crippen LogP contribution is 2.34. The number of nitrogens with zero attached hydrogens (tertiary/aromatic N) is 3. The van der Waals surface area contributed by atoms with Gasteiger partial charge in [-0.3, -0.25) is 10.4 Å². The van der Waals surface area contributed by atoms with E-state index in [9.17, 15) is 0 Å². The Balaban J connectivity index is 1.30. The van der Waals surface area contributed by atoms with Crippen molar-refractivity contribution in [2.24, 2.45) is 0 Å². The molecule has 0 amide bonds. The number of benzene rings is 2. The maximum Gasteiger partial charge on any atom is 0.0989 e. The highest BCUT2D eigenvalue weighted by Gasteiger charge is 2.31. The van der Waals surface area contributed by atoms with Gasteiger partial charge in [0, 0.05) is 66.6 Å². The topological polar surface area (TPSA) is 81.3 Å². The molecule has 3 heterocycles. The van der Waals surface area contributed by atoms with Crippen molar-refractivity contribution >= 4 is 17.1 Å². The molecule has 0 spiro atoms. The van der Waals surface area contributed by atoms with Crippen molar-refractivity contribution < 1.29 is 0 Å². The summed E-state index contributed by atoms with van der Waals surface area (Å²) in [6.07, 6.45) is 3.94. The summed E-state index contributed by atoms with van der Waals surface area (Å²) in [5.74, 6) is 0.925. The van der Waals surface area contributed by atoms with Gasteiger partial charge in [-0.1, -0.05) is 36.9 Å². The van der Waals surface area contributed by atoms with Crippen molar-refractivity contribution in [1.29, 1.82) is 5.41 Å². The van der Waals surface area contributed by atoms with E-state index in [-0.39, 0.29) is 0 Å². The Kier molecular flexibility index (Phi) is 6.07. The van der Waals surface area contributed by atoms with Crippen molar-refractivity contribution in [3.8, 4) is 0 Å². The molecule has 6 heteroatoms. The number of nitrogens with two attached hydrogens (primary N) is 1. The van der Waals surface area contributed by atoms with E-state index >= 15 is 0 Å². The first-order valence-corrected chi connectivity index (χ1v) is 11.9. The average Bonchev–Trinajstić information content (AvgIpc) is 3.31. The van der Waals surface area contributed by atoms with Crippen molar-refractivity contribution in [3.63, 3.8) is 0 Å². The van der Waals surface area contributed by atoms with Crippen LogP contribution in [0.25, 0.3) is 0 Å². The summed E-state index contributed by atoms with van der Waals surface area (Å²) < 4.78 is 0. The smallest absolute Gasteiger partial charge is 0.0989 e. The molecule has 174 valence electrons. The summed E-state index contributed by atoms with van der Waals surface area (Å²) in [5.41, 5.74) is 13.4. The predicted molar refractivity (Wildman–Crippen MR) is 139 cm³/mol. The second-order valence-electron chi connectivity index (χ2n) is 9.34. The van der Waals surface area contributed by atoms with Gasteiger partial charge in [0.15, 0.2) is 0 Å². The number of nitrogens with one attached hydrogen (secondary N) is 2. The molecule has 3 aromatic rings. The normalized spacial score (nSPS) is 18.0. The van der Waals surface area contributed by atoms with Crippen LogP contribution in [-0.2, 0) is 13.0 Å². The molecule has 1 fully saturated rings. The standard InChI is InChI=1S/C28H32N6/c1-19-14-22(8-11-31-19)28(30)25-15-23-17-34(20(2)32-27(23)16-26(25)29)24-10-13-33(18-24)12-9-21-6-4-3-5-7-21/h3-8,11,14-16,24,30,32H,2,9-10,12-13,17-18,29H2,1H3/t24-/m1/s1. The molecule has 1 atom stereocenters. The molecule has 0 radical (unpaired) electrons. The quantitative estimate of drug-likeness (QED) is 0.381. The minimum atomic E-state index is 0.423. The van der Waals surface area contributed by atoms with E-state index in [1.807, 2.05) is 25.1 Å². The number of anilines is 2. The number of fused-ring (bicyclic) bond motifs is 1. The Labute approximate surface area is 201 Å². The van der Waals surface area contributed by atoms with Gasteiger partial charge in [-0.15, -0.1) is 0 Å². The van der Waals surface area contributed by atoms with Crippen molar-refractivity contribution in [1.82, 2.24) is 14.8 Å². The Hall–Kier alpha value is -3.64. The summed E-state index contributed by atoms with van der Waals surface area (Å²) >= 11 is 0. The third-order valence-electron chi connectivity index (χ3n) is 6.94. The summed E-state index contributed by atoms with van der Waals surface area (Å²) in [7, 11) is 0. The van der Waals surface area contributed by atoms with E-state index < -0.39 is 0 Å². The van der Waals surface area contributed by atoms with Crippen molar-refractivity contribution in [2.75, 3.05) is 30.7 Å². The maximum absolute atomic E-state index is 8.76. The number of aromatic nitrogens is 1. The largest absolute Gasteiger partial charge is 0.398 e. The summed E-state index contributed by atoms with van der Waals surface area (Å²) in [5, 5.41) is 12.2. The SMILES string of the molecule is C=C1Nc2cc(N)c(C(=N)c3ccnc(C)c3)cc2CN1[C@@H]1CCN(CCc2ccccc2)C1. The summed E-state index contributed by atoms with van der Waals surface area (Å²) in [6, 6.07) is 18.9. The fraction of sp³-hybridized carbons (Fsp3) is 0.286. The molecule has 1 aromatic heterocycles. The Bertz CT molecular complexity index is 1220. The van der Waals surface area contributed by atoms with Crippen LogP contribution < -0.4 is 11.1 Å². The van der Waals surface area contributed by atoms with Crippen LogP contribution in [-0.4, -0.2) is 46.2 Å². The van der Waals surface area contributed by atoms with Crippen LogP contribution in [0.2, 0.25) is 0 Å².